The number of anilines is 2. The van der Waals surface area contributed by atoms with E-state index in [4.69, 9.17) is 11.6 Å². The molecule has 6 nitrogen and oxygen atoms in total. The molecule has 2 aromatic carbocycles. The largest absolute Gasteiger partial charge is 0.382 e. The summed E-state index contributed by atoms with van der Waals surface area (Å²) in [6, 6.07) is 4.97. The maximum atomic E-state index is 14.6. The van der Waals surface area contributed by atoms with E-state index in [0.717, 1.165) is 29.5 Å². The number of thiazole rings is 1. The van der Waals surface area contributed by atoms with E-state index in [0.29, 0.717) is 12.0 Å². The smallest absolute Gasteiger partial charge is 0.266 e. The van der Waals surface area contributed by atoms with Gasteiger partial charge in [-0.2, -0.15) is 0 Å². The number of nitrogens with one attached hydrogen (secondary N) is 3. The van der Waals surface area contributed by atoms with Crippen LogP contribution in [-0.2, 0) is 16.4 Å². The predicted octanol–water partition coefficient (Wildman–Crippen LogP) is 4.26. The Labute approximate surface area is 186 Å². The molecule has 0 spiro atoms. The molecule has 1 atom stereocenters. The number of sulfonamides is 1. The summed E-state index contributed by atoms with van der Waals surface area (Å²) < 4.78 is 68.4. The monoisotopic (exact) mass is 490 g/mol. The highest BCUT2D eigenvalue weighted by atomic mass is 35.5. The third-order valence-corrected chi connectivity index (χ3v) is 6.80. The molecule has 31 heavy (non-hydrogen) atoms. The van der Waals surface area contributed by atoms with Crippen molar-refractivity contribution in [1.29, 1.82) is 0 Å². The molecule has 0 aliphatic heterocycles. The number of aromatic nitrogens is 1. The lowest BCUT2D eigenvalue weighted by Gasteiger charge is -2.19. The highest BCUT2D eigenvalue weighted by molar-refractivity contribution is 7.93. The molecule has 0 saturated heterocycles. The number of benzene rings is 2. The van der Waals surface area contributed by atoms with Crippen molar-refractivity contribution in [2.24, 2.45) is 0 Å². The first kappa shape index (κ1) is 23.3. The van der Waals surface area contributed by atoms with E-state index in [1.807, 2.05) is 0 Å². The van der Waals surface area contributed by atoms with Crippen molar-refractivity contribution >= 4 is 43.8 Å². The van der Waals surface area contributed by atoms with Gasteiger partial charge in [0.15, 0.2) is 5.13 Å². The normalized spacial score (nSPS) is 12.5. The quantitative estimate of drug-likeness (QED) is 0.417. The molecule has 3 rings (SSSR count). The van der Waals surface area contributed by atoms with Crippen molar-refractivity contribution in [2.45, 2.75) is 17.4 Å². The molecule has 0 amide bonds. The molecule has 166 valence electrons. The summed E-state index contributed by atoms with van der Waals surface area (Å²) in [6.45, 7) is 0.233. The summed E-state index contributed by atoms with van der Waals surface area (Å²) in [4.78, 5) is 3.19. The van der Waals surface area contributed by atoms with Crippen LogP contribution in [0, 0.1) is 17.5 Å². The summed E-state index contributed by atoms with van der Waals surface area (Å²) in [5.41, 5.74) is 0.628. The Balaban J connectivity index is 1.72. The minimum absolute atomic E-state index is 0.00688. The Morgan fingerprint density at radius 2 is 1.84 bits per heavy atom. The van der Waals surface area contributed by atoms with Crippen LogP contribution < -0.4 is 15.4 Å². The highest BCUT2D eigenvalue weighted by Gasteiger charge is 2.22. The van der Waals surface area contributed by atoms with Crippen LogP contribution in [0.15, 0.2) is 46.8 Å². The zero-order valence-electron chi connectivity index (χ0n) is 16.1. The zero-order chi connectivity index (χ0) is 22.6. The summed E-state index contributed by atoms with van der Waals surface area (Å²) in [5.74, 6) is -2.35. The zero-order valence-corrected chi connectivity index (χ0v) is 18.5. The van der Waals surface area contributed by atoms with Crippen molar-refractivity contribution in [1.82, 2.24) is 10.3 Å². The summed E-state index contributed by atoms with van der Waals surface area (Å²) in [6.07, 6.45) is 1.71. The average Bonchev–Trinajstić information content (AvgIpc) is 3.18. The van der Waals surface area contributed by atoms with Crippen LogP contribution in [0.2, 0.25) is 5.02 Å². The van der Waals surface area contributed by atoms with E-state index in [9.17, 15) is 21.6 Å². The van der Waals surface area contributed by atoms with E-state index in [-0.39, 0.29) is 28.4 Å². The lowest BCUT2D eigenvalue weighted by molar-refractivity contribution is 0.557. The predicted molar refractivity (Wildman–Crippen MR) is 116 cm³/mol. The van der Waals surface area contributed by atoms with E-state index in [1.165, 1.54) is 18.3 Å². The van der Waals surface area contributed by atoms with Gasteiger partial charge < -0.3 is 10.6 Å². The first-order chi connectivity index (χ1) is 14.7. The molecule has 0 aliphatic rings. The lowest BCUT2D eigenvalue weighted by Crippen LogP contribution is -2.34. The molecule has 1 aromatic heterocycles. The Bertz CT molecular complexity index is 1140. The van der Waals surface area contributed by atoms with Crippen LogP contribution in [0.3, 0.4) is 0 Å². The van der Waals surface area contributed by atoms with Gasteiger partial charge in [0.1, 0.15) is 22.3 Å². The third kappa shape index (κ3) is 6.10. The van der Waals surface area contributed by atoms with Crippen molar-refractivity contribution in [3.05, 3.63) is 69.9 Å². The molecule has 0 unspecified atom stereocenters. The second-order valence-electron chi connectivity index (χ2n) is 6.55. The molecule has 0 saturated carbocycles. The van der Waals surface area contributed by atoms with Gasteiger partial charge >= 0.3 is 0 Å². The summed E-state index contributed by atoms with van der Waals surface area (Å²) >= 11 is 7.21. The topological polar surface area (TPSA) is 83.1 Å². The van der Waals surface area contributed by atoms with Gasteiger partial charge in [0.2, 0.25) is 0 Å². The first-order valence-corrected chi connectivity index (χ1v) is 11.7. The average molecular weight is 491 g/mol. The summed E-state index contributed by atoms with van der Waals surface area (Å²) in [7, 11) is -2.54. The standard InChI is InChI=1S/C19H18ClF3N4O2S2/c1-24-14(6-11-4-12(21)7-13(22)5-11)10-26-17-9-16(23)18(8-15(17)20)31(28,29)27-19-25-2-3-30-19/h2-5,7-9,14,24,26H,6,10H2,1H3,(H,25,27)/t14-/m0/s1. The van der Waals surface area contributed by atoms with Crippen LogP contribution in [0.5, 0.6) is 0 Å². The number of likely N-dealkylation sites (N-methyl/N-ethyl adjacent to an activating group) is 1. The van der Waals surface area contributed by atoms with Gasteiger partial charge in [-0.25, -0.2) is 26.6 Å². The molecule has 0 radical (unpaired) electrons. The maximum absolute atomic E-state index is 14.6. The molecule has 0 fully saturated rings. The number of nitrogens with zero attached hydrogens (tertiary/aromatic N) is 1. The molecule has 1 heterocycles. The van der Waals surface area contributed by atoms with Crippen LogP contribution in [-0.4, -0.2) is 33.0 Å². The Morgan fingerprint density at radius 1 is 1.13 bits per heavy atom. The Hall–Kier alpha value is -2.34. The fourth-order valence-electron chi connectivity index (χ4n) is 2.84. The molecular weight excluding hydrogens is 473 g/mol. The highest BCUT2D eigenvalue weighted by Crippen LogP contribution is 2.29. The van der Waals surface area contributed by atoms with Crippen LogP contribution in [0.1, 0.15) is 5.56 Å². The van der Waals surface area contributed by atoms with Crippen LogP contribution in [0.4, 0.5) is 24.0 Å². The molecule has 3 aromatic rings. The second-order valence-corrected chi connectivity index (χ2v) is 9.51. The van der Waals surface area contributed by atoms with Gasteiger partial charge in [0.25, 0.3) is 10.0 Å². The number of halogens is 4. The Kier molecular flexibility index (Phi) is 7.42. The lowest BCUT2D eigenvalue weighted by atomic mass is 10.1. The van der Waals surface area contributed by atoms with Gasteiger partial charge in [-0.05, 0) is 43.3 Å². The Morgan fingerprint density at radius 3 is 2.45 bits per heavy atom. The van der Waals surface area contributed by atoms with Gasteiger partial charge in [-0.3, -0.25) is 4.72 Å². The minimum atomic E-state index is -4.21. The van der Waals surface area contributed by atoms with E-state index < -0.39 is 32.4 Å². The number of rotatable bonds is 9. The second kappa shape index (κ2) is 9.86. The fourth-order valence-corrected chi connectivity index (χ4v) is 5.01. The molecule has 0 bridgehead atoms. The SMILES string of the molecule is CN[C@H](CNc1cc(F)c(S(=O)(=O)Nc2nccs2)cc1Cl)Cc1cc(F)cc(F)c1. The van der Waals surface area contributed by atoms with E-state index >= 15 is 0 Å². The number of hydrogen-bond acceptors (Lipinski definition) is 6. The van der Waals surface area contributed by atoms with Gasteiger partial charge in [-0.15, -0.1) is 11.3 Å². The van der Waals surface area contributed by atoms with Crippen molar-refractivity contribution in [3.63, 3.8) is 0 Å². The van der Waals surface area contributed by atoms with Crippen LogP contribution in [0.25, 0.3) is 0 Å². The van der Waals surface area contributed by atoms with E-state index in [2.05, 4.69) is 20.3 Å². The first-order valence-electron chi connectivity index (χ1n) is 8.95. The number of hydrogen-bond donors (Lipinski definition) is 3. The molecular formula is C19H18ClF3N4O2S2. The van der Waals surface area contributed by atoms with Gasteiger partial charge in [0, 0.05) is 30.2 Å². The van der Waals surface area contributed by atoms with Crippen molar-refractivity contribution in [3.8, 4) is 0 Å². The maximum Gasteiger partial charge on any atom is 0.266 e. The van der Waals surface area contributed by atoms with Crippen LogP contribution >= 0.6 is 22.9 Å². The fraction of sp³-hybridized carbons (Fsp3) is 0.211. The molecule has 12 heteroatoms. The van der Waals surface area contributed by atoms with Gasteiger partial charge in [0.05, 0.1) is 10.7 Å². The molecule has 0 aliphatic carbocycles. The van der Waals surface area contributed by atoms with Gasteiger partial charge in [-0.1, -0.05) is 11.6 Å². The summed E-state index contributed by atoms with van der Waals surface area (Å²) in [5, 5.41) is 7.60. The third-order valence-electron chi connectivity index (χ3n) is 4.32. The van der Waals surface area contributed by atoms with Crippen molar-refractivity contribution < 1.29 is 21.6 Å². The minimum Gasteiger partial charge on any atom is -0.382 e. The molecule has 3 N–H and O–H groups in total. The van der Waals surface area contributed by atoms with E-state index in [1.54, 1.807) is 12.4 Å². The van der Waals surface area contributed by atoms with Crippen molar-refractivity contribution in [2.75, 3.05) is 23.6 Å².